The Morgan fingerprint density at radius 2 is 1.82 bits per heavy atom. The summed E-state index contributed by atoms with van der Waals surface area (Å²) in [5.74, 6) is -0.366. The van der Waals surface area contributed by atoms with Crippen molar-refractivity contribution in [1.82, 2.24) is 14.9 Å². The molecule has 0 aliphatic rings. The lowest BCUT2D eigenvalue weighted by molar-refractivity contribution is -0.119. The van der Waals surface area contributed by atoms with E-state index in [-0.39, 0.29) is 35.1 Å². The molecule has 3 rings (SSSR count). The van der Waals surface area contributed by atoms with Crippen LogP contribution in [0.3, 0.4) is 0 Å². The van der Waals surface area contributed by atoms with Gasteiger partial charge < -0.3 is 5.32 Å². The lowest BCUT2D eigenvalue weighted by Crippen LogP contribution is -2.29. The quantitative estimate of drug-likeness (QED) is 0.501. The minimum atomic E-state index is -0.313. The van der Waals surface area contributed by atoms with E-state index < -0.39 is 0 Å². The standard InChI is InChI=1S/C21H22FN3O2S/c1-13(2)25-20(27)17-6-4-5-7-18(17)24-21(25)28-12-19(26)23-14(3)15-8-10-16(22)11-9-15/h4-11,13-14H,12H2,1-3H3,(H,23,26)/t14-/m0/s1. The Morgan fingerprint density at radius 3 is 2.50 bits per heavy atom. The fourth-order valence-electron chi connectivity index (χ4n) is 2.93. The minimum absolute atomic E-state index is 0.0756. The van der Waals surface area contributed by atoms with Gasteiger partial charge in [-0.2, -0.15) is 0 Å². The Hall–Kier alpha value is -2.67. The Labute approximate surface area is 167 Å². The number of hydrogen-bond donors (Lipinski definition) is 1. The number of halogens is 1. The predicted molar refractivity (Wildman–Crippen MR) is 110 cm³/mol. The van der Waals surface area contributed by atoms with Crippen LogP contribution in [0.5, 0.6) is 0 Å². The molecule has 28 heavy (non-hydrogen) atoms. The maximum atomic E-state index is 13.0. The smallest absolute Gasteiger partial charge is 0.262 e. The average Bonchev–Trinajstić information content (AvgIpc) is 2.66. The molecule has 1 N–H and O–H groups in total. The number of rotatable bonds is 6. The van der Waals surface area contributed by atoms with E-state index >= 15 is 0 Å². The number of fused-ring (bicyclic) bond motifs is 1. The highest BCUT2D eigenvalue weighted by molar-refractivity contribution is 7.99. The van der Waals surface area contributed by atoms with E-state index in [0.29, 0.717) is 16.1 Å². The summed E-state index contributed by atoms with van der Waals surface area (Å²) in [7, 11) is 0. The van der Waals surface area contributed by atoms with Crippen LogP contribution in [0.4, 0.5) is 4.39 Å². The van der Waals surface area contributed by atoms with Crippen LogP contribution in [0.25, 0.3) is 10.9 Å². The normalized spacial score (nSPS) is 12.3. The highest BCUT2D eigenvalue weighted by Crippen LogP contribution is 2.21. The van der Waals surface area contributed by atoms with Crippen LogP contribution < -0.4 is 10.9 Å². The molecule has 0 unspecified atom stereocenters. The zero-order chi connectivity index (χ0) is 20.3. The Kier molecular flexibility index (Phi) is 6.14. The Bertz CT molecular complexity index is 1050. The summed E-state index contributed by atoms with van der Waals surface area (Å²) in [6.07, 6.45) is 0. The van der Waals surface area contributed by atoms with E-state index in [4.69, 9.17) is 0 Å². The first-order valence-corrected chi connectivity index (χ1v) is 10.0. The Morgan fingerprint density at radius 1 is 1.14 bits per heavy atom. The van der Waals surface area contributed by atoms with Crippen molar-refractivity contribution in [3.05, 3.63) is 70.3 Å². The van der Waals surface area contributed by atoms with E-state index in [1.165, 1.54) is 23.9 Å². The summed E-state index contributed by atoms with van der Waals surface area (Å²) in [5, 5.41) is 3.97. The van der Waals surface area contributed by atoms with Crippen LogP contribution in [0.2, 0.25) is 0 Å². The number of thioether (sulfide) groups is 1. The third-order valence-corrected chi connectivity index (χ3v) is 5.32. The third kappa shape index (κ3) is 4.42. The highest BCUT2D eigenvalue weighted by Gasteiger charge is 2.16. The van der Waals surface area contributed by atoms with Gasteiger partial charge in [0, 0.05) is 6.04 Å². The van der Waals surface area contributed by atoms with Crippen molar-refractivity contribution in [3.8, 4) is 0 Å². The van der Waals surface area contributed by atoms with E-state index in [1.807, 2.05) is 32.9 Å². The van der Waals surface area contributed by atoms with Crippen LogP contribution >= 0.6 is 11.8 Å². The molecule has 1 amide bonds. The zero-order valence-electron chi connectivity index (χ0n) is 16.0. The summed E-state index contributed by atoms with van der Waals surface area (Å²) in [5.41, 5.74) is 1.33. The van der Waals surface area contributed by atoms with Crippen LogP contribution in [0.1, 0.15) is 38.4 Å². The fraction of sp³-hybridized carbons (Fsp3) is 0.286. The van der Waals surface area contributed by atoms with Crippen molar-refractivity contribution in [2.45, 2.75) is 38.0 Å². The second-order valence-corrected chi connectivity index (χ2v) is 7.75. The summed E-state index contributed by atoms with van der Waals surface area (Å²) >= 11 is 1.23. The molecule has 146 valence electrons. The maximum absolute atomic E-state index is 13.0. The van der Waals surface area contributed by atoms with E-state index in [0.717, 1.165) is 5.56 Å². The van der Waals surface area contributed by atoms with Crippen molar-refractivity contribution >= 4 is 28.6 Å². The molecule has 0 aliphatic heterocycles. The molecule has 1 atom stereocenters. The van der Waals surface area contributed by atoms with Gasteiger partial charge in [0.15, 0.2) is 5.16 Å². The molecule has 0 fully saturated rings. The number of nitrogens with one attached hydrogen (secondary N) is 1. The van der Waals surface area contributed by atoms with E-state index in [1.54, 1.807) is 28.8 Å². The van der Waals surface area contributed by atoms with Crippen LogP contribution in [0, 0.1) is 5.82 Å². The second kappa shape index (κ2) is 8.56. The van der Waals surface area contributed by atoms with Crippen molar-refractivity contribution < 1.29 is 9.18 Å². The highest BCUT2D eigenvalue weighted by atomic mass is 32.2. The second-order valence-electron chi connectivity index (χ2n) is 6.81. The molecule has 3 aromatic rings. The van der Waals surface area contributed by atoms with Crippen molar-refractivity contribution in [2.24, 2.45) is 0 Å². The van der Waals surface area contributed by atoms with Crippen molar-refractivity contribution in [3.63, 3.8) is 0 Å². The summed E-state index contributed by atoms with van der Waals surface area (Å²) in [6.45, 7) is 5.67. The number of aromatic nitrogens is 2. The van der Waals surface area contributed by atoms with Gasteiger partial charge >= 0.3 is 0 Å². The van der Waals surface area contributed by atoms with E-state index in [2.05, 4.69) is 10.3 Å². The van der Waals surface area contributed by atoms with Gasteiger partial charge in [0.25, 0.3) is 5.56 Å². The number of amides is 1. The molecule has 1 aromatic heterocycles. The molecule has 1 heterocycles. The zero-order valence-corrected chi connectivity index (χ0v) is 16.8. The summed E-state index contributed by atoms with van der Waals surface area (Å²) in [6, 6.07) is 12.9. The van der Waals surface area contributed by atoms with Gasteiger partial charge in [-0.1, -0.05) is 36.0 Å². The molecule has 0 saturated carbocycles. The first-order valence-electron chi connectivity index (χ1n) is 9.05. The minimum Gasteiger partial charge on any atom is -0.349 e. The number of nitrogens with zero attached hydrogens (tertiary/aromatic N) is 2. The van der Waals surface area contributed by atoms with Gasteiger partial charge in [0.05, 0.1) is 22.7 Å². The molecule has 0 radical (unpaired) electrons. The van der Waals surface area contributed by atoms with E-state index in [9.17, 15) is 14.0 Å². The van der Waals surface area contributed by atoms with Gasteiger partial charge in [-0.25, -0.2) is 9.37 Å². The van der Waals surface area contributed by atoms with Crippen LogP contribution in [-0.2, 0) is 4.79 Å². The summed E-state index contributed by atoms with van der Waals surface area (Å²) in [4.78, 5) is 29.8. The molecule has 0 bridgehead atoms. The number of carbonyl (C=O) groups is 1. The molecule has 0 saturated heterocycles. The lowest BCUT2D eigenvalue weighted by atomic mass is 10.1. The average molecular weight is 399 g/mol. The van der Waals surface area contributed by atoms with Gasteiger partial charge in [0.1, 0.15) is 5.82 Å². The fourth-order valence-corrected chi connectivity index (χ4v) is 3.87. The van der Waals surface area contributed by atoms with Crippen molar-refractivity contribution in [2.75, 3.05) is 5.75 Å². The number of benzene rings is 2. The van der Waals surface area contributed by atoms with Crippen LogP contribution in [0.15, 0.2) is 58.5 Å². The molecular weight excluding hydrogens is 377 g/mol. The van der Waals surface area contributed by atoms with Gasteiger partial charge in [-0.3, -0.25) is 14.2 Å². The molecule has 7 heteroatoms. The van der Waals surface area contributed by atoms with Crippen LogP contribution in [-0.4, -0.2) is 21.2 Å². The number of carbonyl (C=O) groups excluding carboxylic acids is 1. The predicted octanol–water partition coefficient (Wildman–Crippen LogP) is 4.09. The molecule has 5 nitrogen and oxygen atoms in total. The first kappa shape index (κ1) is 20.1. The number of hydrogen-bond acceptors (Lipinski definition) is 4. The largest absolute Gasteiger partial charge is 0.349 e. The molecule has 0 spiro atoms. The van der Waals surface area contributed by atoms with Gasteiger partial charge in [-0.15, -0.1) is 0 Å². The SMILES string of the molecule is CC(C)n1c(SCC(=O)N[C@@H](C)c2ccc(F)cc2)nc2ccccc2c1=O. The Balaban J connectivity index is 1.75. The maximum Gasteiger partial charge on any atom is 0.262 e. The van der Waals surface area contributed by atoms with Crippen molar-refractivity contribution in [1.29, 1.82) is 0 Å². The van der Waals surface area contributed by atoms with Gasteiger partial charge in [0.2, 0.25) is 5.91 Å². The first-order chi connectivity index (χ1) is 13.4. The molecule has 2 aromatic carbocycles. The monoisotopic (exact) mass is 399 g/mol. The molecular formula is C21H22FN3O2S. The molecule has 0 aliphatic carbocycles. The number of para-hydroxylation sites is 1. The topological polar surface area (TPSA) is 64.0 Å². The van der Waals surface area contributed by atoms with Gasteiger partial charge in [-0.05, 0) is 50.6 Å². The third-order valence-electron chi connectivity index (χ3n) is 4.37. The summed E-state index contributed by atoms with van der Waals surface area (Å²) < 4.78 is 14.7. The lowest BCUT2D eigenvalue weighted by Gasteiger charge is -2.17.